The maximum Gasteiger partial charge on any atom is 0.313 e. The van der Waals surface area contributed by atoms with Gasteiger partial charge in [-0.25, -0.2) is 0 Å². The predicted octanol–water partition coefficient (Wildman–Crippen LogP) is 3.60. The van der Waals surface area contributed by atoms with E-state index < -0.39 is 29.3 Å². The number of hydrogen-bond donors (Lipinski definition) is 1. The van der Waals surface area contributed by atoms with Gasteiger partial charge in [0.1, 0.15) is 18.0 Å². The number of fused-ring (bicyclic) bond motifs is 1. The first-order chi connectivity index (χ1) is 13.8. The highest BCUT2D eigenvalue weighted by atomic mass is 35.5. The van der Waals surface area contributed by atoms with Crippen molar-refractivity contribution >= 4 is 34.9 Å². The molecule has 0 radical (unpaired) electrons. The Morgan fingerprint density at radius 2 is 2.07 bits per heavy atom. The number of nitrogens with zero attached hydrogens (tertiary/aromatic N) is 1. The third kappa shape index (κ3) is 4.65. The Balaban J connectivity index is 1.61. The summed E-state index contributed by atoms with van der Waals surface area (Å²) >= 11 is 5.97. The first-order valence-electron chi connectivity index (χ1n) is 8.88. The summed E-state index contributed by atoms with van der Waals surface area (Å²) in [4.78, 5) is 35.2. The Morgan fingerprint density at radius 1 is 1.31 bits per heavy atom. The van der Waals surface area contributed by atoms with Crippen molar-refractivity contribution in [2.75, 3.05) is 18.5 Å². The zero-order chi connectivity index (χ0) is 21.1. The number of nitro groups is 1. The predicted molar refractivity (Wildman–Crippen MR) is 106 cm³/mol. The van der Waals surface area contributed by atoms with Crippen LogP contribution in [0.1, 0.15) is 16.7 Å². The highest BCUT2D eigenvalue weighted by molar-refractivity contribution is 6.30. The van der Waals surface area contributed by atoms with Gasteiger partial charge >= 0.3 is 5.97 Å². The minimum atomic E-state index is -0.657. The van der Waals surface area contributed by atoms with Crippen molar-refractivity contribution in [2.45, 2.75) is 20.3 Å². The van der Waals surface area contributed by atoms with Crippen molar-refractivity contribution in [2.24, 2.45) is 5.92 Å². The Morgan fingerprint density at radius 3 is 2.79 bits per heavy atom. The lowest BCUT2D eigenvalue weighted by molar-refractivity contribution is -0.384. The highest BCUT2D eigenvalue weighted by Crippen LogP contribution is 2.31. The average Bonchev–Trinajstić information content (AvgIpc) is 2.68. The zero-order valence-corrected chi connectivity index (χ0v) is 16.6. The van der Waals surface area contributed by atoms with Crippen LogP contribution in [0.25, 0.3) is 0 Å². The van der Waals surface area contributed by atoms with Crippen LogP contribution in [0.4, 0.5) is 11.4 Å². The van der Waals surface area contributed by atoms with Gasteiger partial charge in [-0.3, -0.25) is 19.7 Å². The van der Waals surface area contributed by atoms with E-state index in [1.165, 1.54) is 6.07 Å². The molecule has 0 aliphatic carbocycles. The Bertz CT molecular complexity index is 991. The summed E-state index contributed by atoms with van der Waals surface area (Å²) in [6.07, 6.45) is 0.388. The van der Waals surface area contributed by atoms with E-state index in [2.05, 4.69) is 5.32 Å². The van der Waals surface area contributed by atoms with Gasteiger partial charge in [0.2, 0.25) is 0 Å². The standard InChI is InChI=1S/C20H19ClN2O6/c1-11-3-5-16(23(26)27)19(12(11)2)22-18(24)10-29-20(25)14-7-13-8-15(21)4-6-17(13)28-9-14/h3-6,8,14H,7,9-10H2,1-2H3,(H,22,24)/t14-/m1/s1. The fourth-order valence-corrected chi connectivity index (χ4v) is 3.25. The maximum atomic E-state index is 12.3. The van der Waals surface area contributed by atoms with Gasteiger partial charge in [0.25, 0.3) is 11.6 Å². The van der Waals surface area contributed by atoms with Crippen LogP contribution in [0.15, 0.2) is 30.3 Å². The van der Waals surface area contributed by atoms with Crippen LogP contribution >= 0.6 is 11.6 Å². The second kappa shape index (κ2) is 8.48. The number of carbonyl (C=O) groups excluding carboxylic acids is 2. The van der Waals surface area contributed by atoms with E-state index in [-0.39, 0.29) is 18.0 Å². The number of amides is 1. The molecule has 1 aliphatic rings. The molecule has 9 heteroatoms. The molecule has 3 rings (SSSR count). The molecule has 0 spiro atoms. The summed E-state index contributed by atoms with van der Waals surface area (Å²) < 4.78 is 10.6. The number of anilines is 1. The Labute approximate surface area is 171 Å². The average molecular weight is 419 g/mol. The molecule has 29 heavy (non-hydrogen) atoms. The smallest absolute Gasteiger partial charge is 0.313 e. The number of esters is 1. The molecule has 0 saturated heterocycles. The molecular weight excluding hydrogens is 400 g/mol. The van der Waals surface area contributed by atoms with Crippen molar-refractivity contribution < 1.29 is 24.0 Å². The molecule has 0 unspecified atom stereocenters. The number of benzene rings is 2. The van der Waals surface area contributed by atoms with Crippen LogP contribution in [0, 0.1) is 29.9 Å². The van der Waals surface area contributed by atoms with Crippen LogP contribution in [0.5, 0.6) is 5.75 Å². The molecule has 1 N–H and O–H groups in total. The first kappa shape index (κ1) is 20.6. The fourth-order valence-electron chi connectivity index (χ4n) is 3.06. The first-order valence-corrected chi connectivity index (χ1v) is 9.26. The molecule has 2 aromatic rings. The molecule has 0 saturated carbocycles. The zero-order valence-electron chi connectivity index (χ0n) is 15.9. The number of nitrogens with one attached hydrogen (secondary N) is 1. The van der Waals surface area contributed by atoms with E-state index >= 15 is 0 Å². The monoisotopic (exact) mass is 418 g/mol. The van der Waals surface area contributed by atoms with Gasteiger partial charge in [0, 0.05) is 11.1 Å². The molecule has 0 bridgehead atoms. The summed E-state index contributed by atoms with van der Waals surface area (Å²) in [6.45, 7) is 3.04. The summed E-state index contributed by atoms with van der Waals surface area (Å²) in [5.41, 5.74) is 2.04. The number of nitro benzene ring substituents is 1. The van der Waals surface area contributed by atoms with E-state index in [0.29, 0.717) is 22.8 Å². The van der Waals surface area contributed by atoms with Gasteiger partial charge in [0.15, 0.2) is 6.61 Å². The number of halogens is 1. The van der Waals surface area contributed by atoms with Gasteiger partial charge in [0.05, 0.1) is 10.8 Å². The molecule has 1 atom stereocenters. The molecule has 8 nitrogen and oxygen atoms in total. The largest absolute Gasteiger partial charge is 0.492 e. The van der Waals surface area contributed by atoms with Crippen molar-refractivity contribution in [3.63, 3.8) is 0 Å². The van der Waals surface area contributed by atoms with Crippen LogP contribution in [-0.2, 0) is 20.7 Å². The van der Waals surface area contributed by atoms with E-state index in [9.17, 15) is 19.7 Å². The maximum absolute atomic E-state index is 12.3. The molecule has 152 valence electrons. The lowest BCUT2D eigenvalue weighted by Gasteiger charge is -2.24. The van der Waals surface area contributed by atoms with Crippen LogP contribution in [0.3, 0.4) is 0 Å². The third-order valence-corrected chi connectivity index (χ3v) is 5.02. The molecule has 1 amide bonds. The SMILES string of the molecule is Cc1ccc([N+](=O)[O-])c(NC(=O)COC(=O)[C@H]2COc3ccc(Cl)cc3C2)c1C. The van der Waals surface area contributed by atoms with Crippen LogP contribution in [-0.4, -0.2) is 30.0 Å². The Hall–Kier alpha value is -3.13. The molecule has 2 aromatic carbocycles. The van der Waals surface area contributed by atoms with Gasteiger partial charge in [-0.15, -0.1) is 0 Å². The van der Waals surface area contributed by atoms with E-state index in [1.54, 1.807) is 38.1 Å². The lowest BCUT2D eigenvalue weighted by atomic mass is 9.97. The van der Waals surface area contributed by atoms with Crippen molar-refractivity contribution in [3.8, 4) is 5.75 Å². The Kier molecular flexibility index (Phi) is 6.03. The number of aryl methyl sites for hydroxylation is 1. The van der Waals surface area contributed by atoms with Crippen molar-refractivity contribution in [1.29, 1.82) is 0 Å². The van der Waals surface area contributed by atoms with E-state index in [4.69, 9.17) is 21.1 Å². The van der Waals surface area contributed by atoms with Crippen LogP contribution in [0.2, 0.25) is 5.02 Å². The summed E-state index contributed by atoms with van der Waals surface area (Å²) in [7, 11) is 0. The topological polar surface area (TPSA) is 108 Å². The fraction of sp³-hybridized carbons (Fsp3) is 0.300. The molecule has 0 aromatic heterocycles. The third-order valence-electron chi connectivity index (χ3n) is 4.78. The van der Waals surface area contributed by atoms with Gasteiger partial charge in [-0.1, -0.05) is 17.7 Å². The second-order valence-electron chi connectivity index (χ2n) is 6.78. The summed E-state index contributed by atoms with van der Waals surface area (Å²) in [5.74, 6) is -1.14. The van der Waals surface area contributed by atoms with Crippen molar-refractivity contribution in [3.05, 3.63) is 62.2 Å². The second-order valence-corrected chi connectivity index (χ2v) is 7.22. The lowest BCUT2D eigenvalue weighted by Crippen LogP contribution is -2.32. The number of hydrogen-bond acceptors (Lipinski definition) is 6. The van der Waals surface area contributed by atoms with Crippen molar-refractivity contribution in [1.82, 2.24) is 0 Å². The normalized spacial score (nSPS) is 15.1. The molecular formula is C20H19ClN2O6. The summed E-state index contributed by atoms with van der Waals surface area (Å²) in [5, 5.41) is 14.2. The summed E-state index contributed by atoms with van der Waals surface area (Å²) in [6, 6.07) is 8.10. The number of carbonyl (C=O) groups is 2. The quantitative estimate of drug-likeness (QED) is 0.451. The molecule has 1 heterocycles. The van der Waals surface area contributed by atoms with Gasteiger partial charge in [-0.05, 0) is 55.2 Å². The number of rotatable bonds is 5. The number of ether oxygens (including phenoxy) is 2. The minimum Gasteiger partial charge on any atom is -0.492 e. The van der Waals surface area contributed by atoms with E-state index in [1.807, 2.05) is 0 Å². The van der Waals surface area contributed by atoms with Gasteiger partial charge < -0.3 is 14.8 Å². The molecule has 1 aliphatic heterocycles. The van der Waals surface area contributed by atoms with Crippen LogP contribution < -0.4 is 10.1 Å². The minimum absolute atomic E-state index is 0.0978. The van der Waals surface area contributed by atoms with E-state index in [0.717, 1.165) is 11.1 Å². The highest BCUT2D eigenvalue weighted by Gasteiger charge is 2.28. The van der Waals surface area contributed by atoms with Gasteiger partial charge in [-0.2, -0.15) is 0 Å². The molecule has 0 fully saturated rings.